The molecule has 1 aliphatic heterocycles. The molecular formula is C13H22F2O4. The first-order valence-corrected chi connectivity index (χ1v) is 6.12. The Bertz CT molecular complexity index is 366. The Morgan fingerprint density at radius 3 is 2.26 bits per heavy atom. The van der Waals surface area contributed by atoms with Crippen molar-refractivity contribution in [1.82, 2.24) is 0 Å². The van der Waals surface area contributed by atoms with Gasteiger partial charge in [0.05, 0.1) is 6.61 Å². The molecule has 1 unspecified atom stereocenters. The van der Waals surface area contributed by atoms with E-state index in [-0.39, 0.29) is 0 Å². The molecule has 0 aromatic carbocycles. The minimum Gasteiger partial charge on any atom is -0.393 e. The maximum Gasteiger partial charge on any atom is 0.271 e. The van der Waals surface area contributed by atoms with Gasteiger partial charge in [-0.25, -0.2) is 8.78 Å². The van der Waals surface area contributed by atoms with E-state index >= 15 is 0 Å². The van der Waals surface area contributed by atoms with Crippen LogP contribution in [0, 0.1) is 0 Å². The highest BCUT2D eigenvalue weighted by molar-refractivity contribution is 5.17. The lowest BCUT2D eigenvalue weighted by Gasteiger charge is -2.37. The molecule has 0 saturated carbocycles. The van der Waals surface area contributed by atoms with Crippen LogP contribution in [0.5, 0.6) is 0 Å². The Hall–Kier alpha value is -0.560. The van der Waals surface area contributed by atoms with Gasteiger partial charge in [-0.15, -0.1) is 0 Å². The number of ether oxygens (including phenoxy) is 2. The number of rotatable bonds is 4. The van der Waals surface area contributed by atoms with E-state index < -0.39 is 36.1 Å². The van der Waals surface area contributed by atoms with Crippen LogP contribution in [0.2, 0.25) is 0 Å². The van der Waals surface area contributed by atoms with Gasteiger partial charge in [-0.3, -0.25) is 0 Å². The summed E-state index contributed by atoms with van der Waals surface area (Å²) in [6.45, 7) is 7.18. The average Bonchev–Trinajstić information content (AvgIpc) is 2.46. The van der Waals surface area contributed by atoms with E-state index in [2.05, 4.69) is 0 Å². The fraction of sp³-hybridized carbons (Fsp3) is 0.846. The van der Waals surface area contributed by atoms with Crippen molar-refractivity contribution in [3.05, 3.63) is 11.6 Å². The van der Waals surface area contributed by atoms with E-state index in [1.54, 1.807) is 40.7 Å². The molecule has 2 N–H and O–H groups in total. The molecule has 0 radical (unpaired) electrons. The summed E-state index contributed by atoms with van der Waals surface area (Å²) < 4.78 is 37.3. The number of aliphatic hydroxyl groups is 2. The number of alkyl halides is 2. The van der Waals surface area contributed by atoms with Gasteiger partial charge in [-0.05, 0) is 34.6 Å². The highest BCUT2D eigenvalue weighted by Gasteiger charge is 2.61. The van der Waals surface area contributed by atoms with Gasteiger partial charge in [0.25, 0.3) is 6.43 Å². The van der Waals surface area contributed by atoms with E-state index in [0.717, 1.165) is 5.57 Å². The Kier molecular flexibility index (Phi) is 4.42. The summed E-state index contributed by atoms with van der Waals surface area (Å²) in [6, 6.07) is 0. The second-order valence-corrected chi connectivity index (χ2v) is 5.86. The zero-order valence-electron chi connectivity index (χ0n) is 11.9. The van der Waals surface area contributed by atoms with Gasteiger partial charge in [-0.2, -0.15) is 0 Å². The van der Waals surface area contributed by atoms with Gasteiger partial charge in [0.1, 0.15) is 11.7 Å². The Morgan fingerprint density at radius 1 is 1.37 bits per heavy atom. The maximum absolute atomic E-state index is 13.1. The first kappa shape index (κ1) is 16.5. The SMILES string of the molecule is CC(C)=C[C@]1(C)OC(C)(C)OC1[C@](O)(CO)C(F)F. The smallest absolute Gasteiger partial charge is 0.271 e. The molecule has 1 aliphatic rings. The third kappa shape index (κ3) is 3.13. The molecular weight excluding hydrogens is 258 g/mol. The van der Waals surface area contributed by atoms with Gasteiger partial charge in [-0.1, -0.05) is 11.6 Å². The van der Waals surface area contributed by atoms with Gasteiger partial charge >= 0.3 is 0 Å². The molecule has 6 heteroatoms. The monoisotopic (exact) mass is 280 g/mol. The Labute approximate surface area is 112 Å². The molecule has 0 amide bonds. The van der Waals surface area contributed by atoms with Crippen LogP contribution >= 0.6 is 0 Å². The van der Waals surface area contributed by atoms with Crippen LogP contribution in [0.25, 0.3) is 0 Å². The molecule has 0 spiro atoms. The van der Waals surface area contributed by atoms with Crippen LogP contribution in [0.4, 0.5) is 8.78 Å². The summed E-state index contributed by atoms with van der Waals surface area (Å²) in [6.07, 6.45) is -2.89. The third-order valence-electron chi connectivity index (χ3n) is 3.05. The summed E-state index contributed by atoms with van der Waals surface area (Å²) in [4.78, 5) is 0. The fourth-order valence-corrected chi connectivity index (χ4v) is 2.55. The van der Waals surface area contributed by atoms with Crippen molar-refractivity contribution in [2.24, 2.45) is 0 Å². The van der Waals surface area contributed by atoms with Gasteiger partial charge in [0, 0.05) is 0 Å². The molecule has 19 heavy (non-hydrogen) atoms. The minimum absolute atomic E-state index is 0.836. The minimum atomic E-state index is -3.15. The van der Waals surface area contributed by atoms with Crippen molar-refractivity contribution >= 4 is 0 Å². The predicted molar refractivity (Wildman–Crippen MR) is 65.9 cm³/mol. The molecule has 0 aliphatic carbocycles. The van der Waals surface area contributed by atoms with Crippen LogP contribution in [0.15, 0.2) is 11.6 Å². The fourth-order valence-electron chi connectivity index (χ4n) is 2.55. The van der Waals surface area contributed by atoms with E-state index in [0.29, 0.717) is 0 Å². The van der Waals surface area contributed by atoms with E-state index in [1.807, 2.05) is 0 Å². The Morgan fingerprint density at radius 2 is 1.89 bits per heavy atom. The molecule has 0 aromatic rings. The van der Waals surface area contributed by atoms with Gasteiger partial charge in [0.15, 0.2) is 11.4 Å². The van der Waals surface area contributed by atoms with Crippen LogP contribution in [0.3, 0.4) is 0 Å². The number of aliphatic hydroxyl groups excluding tert-OH is 1. The molecule has 1 heterocycles. The molecule has 1 rings (SSSR count). The number of halogens is 2. The average molecular weight is 280 g/mol. The topological polar surface area (TPSA) is 58.9 Å². The summed E-state index contributed by atoms with van der Waals surface area (Å²) in [7, 11) is 0. The van der Waals surface area contributed by atoms with Gasteiger partial charge < -0.3 is 19.7 Å². The molecule has 1 fully saturated rings. The second kappa shape index (κ2) is 5.09. The molecule has 0 aromatic heterocycles. The summed E-state index contributed by atoms with van der Waals surface area (Å²) >= 11 is 0. The largest absolute Gasteiger partial charge is 0.393 e. The van der Waals surface area contributed by atoms with Crippen molar-refractivity contribution < 1.29 is 28.5 Å². The Balaban J connectivity index is 3.26. The van der Waals surface area contributed by atoms with E-state index in [1.165, 1.54) is 0 Å². The van der Waals surface area contributed by atoms with Crippen molar-refractivity contribution in [3.63, 3.8) is 0 Å². The van der Waals surface area contributed by atoms with Crippen LogP contribution in [-0.4, -0.2) is 46.3 Å². The quantitative estimate of drug-likeness (QED) is 0.772. The van der Waals surface area contributed by atoms with Crippen molar-refractivity contribution in [3.8, 4) is 0 Å². The van der Waals surface area contributed by atoms with Crippen LogP contribution in [-0.2, 0) is 9.47 Å². The molecule has 112 valence electrons. The lowest BCUT2D eigenvalue weighted by Crippen LogP contribution is -2.59. The van der Waals surface area contributed by atoms with Gasteiger partial charge in [0.2, 0.25) is 0 Å². The summed E-state index contributed by atoms with van der Waals surface area (Å²) in [5, 5.41) is 19.2. The zero-order chi connectivity index (χ0) is 15.1. The first-order chi connectivity index (χ1) is 8.47. The first-order valence-electron chi connectivity index (χ1n) is 6.12. The normalized spacial score (nSPS) is 33.3. The molecule has 3 atom stereocenters. The van der Waals surface area contributed by atoms with E-state index in [4.69, 9.17) is 14.6 Å². The molecule has 4 nitrogen and oxygen atoms in total. The lowest BCUT2D eigenvalue weighted by molar-refractivity contribution is -0.213. The van der Waals surface area contributed by atoms with E-state index in [9.17, 15) is 13.9 Å². The standard InChI is InChI=1S/C13H22F2O4/c1-8(2)6-12(5)9(18-11(3,4)19-12)13(17,7-16)10(14)15/h6,9-10,16-17H,7H2,1-5H3/t9?,12-,13+/m0/s1. The number of hydrogen-bond acceptors (Lipinski definition) is 4. The lowest BCUT2D eigenvalue weighted by atomic mass is 9.84. The summed E-state index contributed by atoms with van der Waals surface area (Å²) in [5.41, 5.74) is -3.08. The highest BCUT2D eigenvalue weighted by Crippen LogP contribution is 2.44. The van der Waals surface area contributed by atoms with Crippen LogP contribution in [0.1, 0.15) is 34.6 Å². The third-order valence-corrected chi connectivity index (χ3v) is 3.05. The van der Waals surface area contributed by atoms with Crippen molar-refractivity contribution in [2.45, 2.75) is 64.1 Å². The molecule has 1 saturated heterocycles. The number of hydrogen-bond donors (Lipinski definition) is 2. The number of allylic oxidation sites excluding steroid dienone is 1. The van der Waals surface area contributed by atoms with Crippen LogP contribution < -0.4 is 0 Å². The van der Waals surface area contributed by atoms with Crippen molar-refractivity contribution in [2.75, 3.05) is 6.61 Å². The second-order valence-electron chi connectivity index (χ2n) is 5.86. The molecule has 0 bridgehead atoms. The zero-order valence-corrected chi connectivity index (χ0v) is 11.9. The predicted octanol–water partition coefficient (Wildman–Crippen LogP) is 1.85. The highest BCUT2D eigenvalue weighted by atomic mass is 19.3. The maximum atomic E-state index is 13.1. The summed E-state index contributed by atoms with van der Waals surface area (Å²) in [5.74, 6) is -1.12. The van der Waals surface area contributed by atoms with Crippen molar-refractivity contribution in [1.29, 1.82) is 0 Å².